The first kappa shape index (κ1) is 14.3. The summed E-state index contributed by atoms with van der Waals surface area (Å²) in [6.45, 7) is 5.06. The van der Waals surface area contributed by atoms with Gasteiger partial charge in [-0.3, -0.25) is 9.78 Å². The summed E-state index contributed by atoms with van der Waals surface area (Å²) in [7, 11) is 0. The lowest BCUT2D eigenvalue weighted by atomic mass is 10.1. The van der Waals surface area contributed by atoms with Gasteiger partial charge < -0.3 is 4.90 Å². The van der Waals surface area contributed by atoms with E-state index >= 15 is 0 Å². The average Bonchev–Trinajstić information content (AvgIpc) is 2.89. The molecule has 0 unspecified atom stereocenters. The molecule has 0 spiro atoms. The molecule has 1 aromatic heterocycles. The molecule has 0 aromatic carbocycles. The third-order valence-corrected chi connectivity index (χ3v) is 3.92. The highest BCUT2D eigenvalue weighted by Gasteiger charge is 2.28. The zero-order valence-corrected chi connectivity index (χ0v) is 12.4. The highest BCUT2D eigenvalue weighted by atomic mass is 35.5. The van der Waals surface area contributed by atoms with Crippen molar-refractivity contribution in [2.75, 3.05) is 6.54 Å². The third kappa shape index (κ3) is 3.47. The predicted molar refractivity (Wildman–Crippen MR) is 77.4 cm³/mol. The number of hydrogen-bond donors (Lipinski definition) is 0. The highest BCUT2D eigenvalue weighted by molar-refractivity contribution is 6.33. The van der Waals surface area contributed by atoms with Gasteiger partial charge in [0.15, 0.2) is 0 Å². The molecule has 0 atom stereocenters. The van der Waals surface area contributed by atoms with Crippen LogP contribution in [-0.4, -0.2) is 28.4 Å². The first-order valence-electron chi connectivity index (χ1n) is 7.00. The number of pyridine rings is 1. The van der Waals surface area contributed by atoms with E-state index in [0.717, 1.165) is 19.4 Å². The number of carbonyl (C=O) groups is 1. The van der Waals surface area contributed by atoms with Crippen molar-refractivity contribution < 1.29 is 4.79 Å². The lowest BCUT2D eigenvalue weighted by Crippen LogP contribution is -2.41. The molecule has 3 nitrogen and oxygen atoms in total. The molecule has 1 aliphatic rings. The van der Waals surface area contributed by atoms with E-state index in [1.165, 1.54) is 12.8 Å². The van der Waals surface area contributed by atoms with Gasteiger partial charge in [-0.2, -0.15) is 0 Å². The summed E-state index contributed by atoms with van der Waals surface area (Å²) in [5, 5.41) is 0.492. The molecule has 0 saturated heterocycles. The van der Waals surface area contributed by atoms with E-state index in [4.69, 9.17) is 11.6 Å². The Hall–Kier alpha value is -1.09. The average molecular weight is 281 g/mol. The van der Waals surface area contributed by atoms with E-state index in [-0.39, 0.29) is 5.91 Å². The van der Waals surface area contributed by atoms with Gasteiger partial charge in [0.25, 0.3) is 5.91 Å². The molecular weight excluding hydrogens is 260 g/mol. The van der Waals surface area contributed by atoms with Crippen molar-refractivity contribution in [1.82, 2.24) is 9.88 Å². The predicted octanol–water partition coefficient (Wildman–Crippen LogP) is 3.78. The Bertz CT molecular complexity index is 442. The van der Waals surface area contributed by atoms with Gasteiger partial charge in [0.2, 0.25) is 0 Å². The third-order valence-electron chi connectivity index (χ3n) is 3.59. The molecule has 1 fully saturated rings. The maximum absolute atomic E-state index is 12.7. The van der Waals surface area contributed by atoms with E-state index in [9.17, 15) is 4.79 Å². The lowest BCUT2D eigenvalue weighted by molar-refractivity contribution is 0.0655. The monoisotopic (exact) mass is 280 g/mol. The topological polar surface area (TPSA) is 33.2 Å². The number of rotatable bonds is 4. The summed E-state index contributed by atoms with van der Waals surface area (Å²) in [4.78, 5) is 18.7. The number of aromatic nitrogens is 1. The fourth-order valence-corrected chi connectivity index (χ4v) is 2.88. The molecule has 0 radical (unpaired) electrons. The van der Waals surface area contributed by atoms with Crippen LogP contribution in [-0.2, 0) is 0 Å². The van der Waals surface area contributed by atoms with E-state index in [2.05, 4.69) is 18.8 Å². The summed E-state index contributed by atoms with van der Waals surface area (Å²) in [6.07, 6.45) is 7.84. The second-order valence-corrected chi connectivity index (χ2v) is 6.05. The fraction of sp³-hybridized carbons (Fsp3) is 0.600. The van der Waals surface area contributed by atoms with Crippen LogP contribution in [0.25, 0.3) is 0 Å². The number of carbonyl (C=O) groups excluding carboxylic acids is 1. The highest BCUT2D eigenvalue weighted by Crippen LogP contribution is 2.27. The quantitative estimate of drug-likeness (QED) is 0.841. The smallest absolute Gasteiger partial charge is 0.257 e. The summed E-state index contributed by atoms with van der Waals surface area (Å²) < 4.78 is 0. The molecule has 0 N–H and O–H groups in total. The Morgan fingerprint density at radius 2 is 2.16 bits per heavy atom. The van der Waals surface area contributed by atoms with Gasteiger partial charge in [-0.1, -0.05) is 38.3 Å². The van der Waals surface area contributed by atoms with Crippen LogP contribution >= 0.6 is 11.6 Å². The van der Waals surface area contributed by atoms with Crippen LogP contribution in [0.1, 0.15) is 49.9 Å². The Morgan fingerprint density at radius 1 is 1.47 bits per heavy atom. The molecular formula is C15H21ClN2O. The second kappa shape index (κ2) is 6.38. The van der Waals surface area contributed by atoms with Crippen LogP contribution in [0.2, 0.25) is 5.02 Å². The van der Waals surface area contributed by atoms with Crippen molar-refractivity contribution in [3.05, 3.63) is 29.0 Å². The van der Waals surface area contributed by atoms with E-state index < -0.39 is 0 Å². The Kier molecular flexibility index (Phi) is 4.81. The Morgan fingerprint density at radius 3 is 2.74 bits per heavy atom. The number of amides is 1. The molecule has 1 aliphatic carbocycles. The van der Waals surface area contributed by atoms with Gasteiger partial charge in [0.05, 0.1) is 10.6 Å². The molecule has 1 heterocycles. The molecule has 4 heteroatoms. The number of nitrogens with zero attached hydrogens (tertiary/aromatic N) is 2. The van der Waals surface area contributed by atoms with Gasteiger partial charge in [-0.15, -0.1) is 0 Å². The molecule has 0 bridgehead atoms. The summed E-state index contributed by atoms with van der Waals surface area (Å²) in [6, 6.07) is 2.04. The molecule has 1 amide bonds. The SMILES string of the molecule is CC(C)CN(C(=O)c1cnccc1Cl)C1CCCC1. The zero-order valence-electron chi connectivity index (χ0n) is 11.6. The number of hydrogen-bond acceptors (Lipinski definition) is 2. The van der Waals surface area contributed by atoms with Crippen LogP contribution in [0.15, 0.2) is 18.5 Å². The fourth-order valence-electron chi connectivity index (χ4n) is 2.70. The number of halogens is 1. The lowest BCUT2D eigenvalue weighted by Gasteiger charge is -2.30. The van der Waals surface area contributed by atoms with Crippen molar-refractivity contribution in [3.8, 4) is 0 Å². The van der Waals surface area contributed by atoms with Crippen molar-refractivity contribution in [2.45, 2.75) is 45.6 Å². The molecule has 19 heavy (non-hydrogen) atoms. The van der Waals surface area contributed by atoms with Crippen LogP contribution in [0.3, 0.4) is 0 Å². The van der Waals surface area contributed by atoms with Gasteiger partial charge in [-0.25, -0.2) is 0 Å². The van der Waals surface area contributed by atoms with Crippen LogP contribution in [0.5, 0.6) is 0 Å². The van der Waals surface area contributed by atoms with Gasteiger partial charge in [0.1, 0.15) is 0 Å². The maximum atomic E-state index is 12.7. The first-order valence-corrected chi connectivity index (χ1v) is 7.38. The van der Waals surface area contributed by atoms with Crippen molar-refractivity contribution in [2.24, 2.45) is 5.92 Å². The molecule has 2 rings (SSSR count). The molecule has 1 aromatic rings. The molecule has 0 aliphatic heterocycles. The summed E-state index contributed by atoms with van der Waals surface area (Å²) in [5.41, 5.74) is 0.525. The van der Waals surface area contributed by atoms with Gasteiger partial charge in [-0.05, 0) is 24.8 Å². The normalized spacial score (nSPS) is 16.0. The largest absolute Gasteiger partial charge is 0.335 e. The van der Waals surface area contributed by atoms with Gasteiger partial charge in [0, 0.05) is 25.0 Å². The minimum absolute atomic E-state index is 0.0266. The van der Waals surface area contributed by atoms with Crippen molar-refractivity contribution in [3.63, 3.8) is 0 Å². The minimum atomic E-state index is 0.0266. The second-order valence-electron chi connectivity index (χ2n) is 5.65. The van der Waals surface area contributed by atoms with Gasteiger partial charge >= 0.3 is 0 Å². The van der Waals surface area contributed by atoms with E-state index in [1.807, 2.05) is 4.90 Å². The Labute approximate surface area is 120 Å². The molecule has 1 saturated carbocycles. The zero-order chi connectivity index (χ0) is 13.8. The molecule has 104 valence electrons. The first-order chi connectivity index (χ1) is 9.09. The summed E-state index contributed by atoms with van der Waals surface area (Å²) >= 11 is 6.12. The van der Waals surface area contributed by atoms with Crippen LogP contribution in [0, 0.1) is 5.92 Å². The minimum Gasteiger partial charge on any atom is -0.335 e. The van der Waals surface area contributed by atoms with Crippen molar-refractivity contribution >= 4 is 17.5 Å². The van der Waals surface area contributed by atoms with E-state index in [1.54, 1.807) is 18.5 Å². The maximum Gasteiger partial charge on any atom is 0.257 e. The van der Waals surface area contributed by atoms with Crippen molar-refractivity contribution in [1.29, 1.82) is 0 Å². The Balaban J connectivity index is 2.22. The van der Waals surface area contributed by atoms with Crippen LogP contribution in [0.4, 0.5) is 0 Å². The standard InChI is InChI=1S/C15H21ClN2O/c1-11(2)10-18(12-5-3-4-6-12)15(19)13-9-17-8-7-14(13)16/h7-9,11-12H,3-6,10H2,1-2H3. The summed E-state index contributed by atoms with van der Waals surface area (Å²) in [5.74, 6) is 0.485. The van der Waals surface area contributed by atoms with E-state index in [0.29, 0.717) is 22.5 Å². The van der Waals surface area contributed by atoms with Crippen LogP contribution < -0.4 is 0 Å².